The first-order valence-corrected chi connectivity index (χ1v) is 3.80. The van der Waals surface area contributed by atoms with Crippen molar-refractivity contribution in [1.29, 1.82) is 0 Å². The van der Waals surface area contributed by atoms with E-state index < -0.39 is 6.10 Å². The summed E-state index contributed by atoms with van der Waals surface area (Å²) in [6.45, 7) is 0. The van der Waals surface area contributed by atoms with Crippen LogP contribution in [0.3, 0.4) is 0 Å². The van der Waals surface area contributed by atoms with Crippen LogP contribution in [-0.4, -0.2) is 16.1 Å². The van der Waals surface area contributed by atoms with Gasteiger partial charge in [0.05, 0.1) is 12.0 Å². The maximum absolute atomic E-state index is 9.21. The minimum absolute atomic E-state index is 0.171. The lowest BCUT2D eigenvalue weighted by molar-refractivity contribution is 0.202. The van der Waals surface area contributed by atoms with Crippen LogP contribution in [0.5, 0.6) is 5.75 Å². The molecule has 1 atom stereocenters. The Morgan fingerprint density at radius 1 is 1.27 bits per heavy atom. The van der Waals surface area contributed by atoms with Crippen molar-refractivity contribution in [3.8, 4) is 5.75 Å². The third-order valence-electron chi connectivity index (χ3n) is 1.42. The molecule has 0 aliphatic carbocycles. The SMILES string of the molecule is Oc1ccc([C@H](O)CCl)cc1. The lowest BCUT2D eigenvalue weighted by atomic mass is 10.1. The zero-order valence-corrected chi connectivity index (χ0v) is 6.62. The highest BCUT2D eigenvalue weighted by Crippen LogP contribution is 2.17. The lowest BCUT2D eigenvalue weighted by Crippen LogP contribution is -1.97. The van der Waals surface area contributed by atoms with Crippen molar-refractivity contribution in [2.45, 2.75) is 6.10 Å². The van der Waals surface area contributed by atoms with Gasteiger partial charge in [-0.1, -0.05) is 12.1 Å². The van der Waals surface area contributed by atoms with Gasteiger partial charge in [-0.25, -0.2) is 0 Å². The molecular weight excluding hydrogens is 164 g/mol. The Kier molecular flexibility index (Phi) is 2.74. The van der Waals surface area contributed by atoms with Gasteiger partial charge in [0.15, 0.2) is 0 Å². The van der Waals surface area contributed by atoms with Gasteiger partial charge in [0.1, 0.15) is 5.75 Å². The zero-order chi connectivity index (χ0) is 8.27. The molecule has 0 radical (unpaired) electrons. The summed E-state index contributed by atoms with van der Waals surface area (Å²) in [6, 6.07) is 6.32. The number of aliphatic hydroxyl groups excluding tert-OH is 1. The summed E-state index contributed by atoms with van der Waals surface area (Å²) in [5.74, 6) is 0.362. The van der Waals surface area contributed by atoms with E-state index in [0.717, 1.165) is 5.56 Å². The van der Waals surface area contributed by atoms with Crippen LogP contribution in [0, 0.1) is 0 Å². The van der Waals surface area contributed by atoms with Crippen LogP contribution >= 0.6 is 11.6 Å². The highest BCUT2D eigenvalue weighted by atomic mass is 35.5. The average Bonchev–Trinajstić information content (AvgIpc) is 2.05. The number of aromatic hydroxyl groups is 1. The summed E-state index contributed by atoms with van der Waals surface area (Å²) < 4.78 is 0. The summed E-state index contributed by atoms with van der Waals surface area (Å²) >= 11 is 5.41. The van der Waals surface area contributed by atoms with Crippen LogP contribution in [0.25, 0.3) is 0 Å². The molecule has 0 aliphatic heterocycles. The van der Waals surface area contributed by atoms with Gasteiger partial charge in [0, 0.05) is 0 Å². The Bertz CT molecular complexity index is 220. The number of phenolic OH excluding ortho intramolecular Hbond substituents is 1. The predicted molar refractivity (Wildman–Crippen MR) is 43.8 cm³/mol. The largest absolute Gasteiger partial charge is 0.508 e. The Hall–Kier alpha value is -0.730. The molecule has 0 aliphatic rings. The van der Waals surface area contributed by atoms with Crippen LogP contribution in [0.1, 0.15) is 11.7 Å². The average molecular weight is 173 g/mol. The van der Waals surface area contributed by atoms with Crippen LogP contribution in [-0.2, 0) is 0 Å². The van der Waals surface area contributed by atoms with Crippen molar-refractivity contribution in [2.24, 2.45) is 0 Å². The summed E-state index contributed by atoms with van der Waals surface area (Å²) in [5.41, 5.74) is 0.720. The van der Waals surface area contributed by atoms with Crippen molar-refractivity contribution in [1.82, 2.24) is 0 Å². The minimum Gasteiger partial charge on any atom is -0.508 e. The van der Waals surface area contributed by atoms with Crippen molar-refractivity contribution in [2.75, 3.05) is 5.88 Å². The van der Waals surface area contributed by atoms with E-state index in [0.29, 0.717) is 0 Å². The monoisotopic (exact) mass is 172 g/mol. The number of alkyl halides is 1. The number of rotatable bonds is 2. The maximum atomic E-state index is 9.21. The van der Waals surface area contributed by atoms with E-state index in [1.54, 1.807) is 12.1 Å². The Balaban J connectivity index is 2.81. The molecule has 60 valence electrons. The van der Waals surface area contributed by atoms with E-state index in [-0.39, 0.29) is 11.6 Å². The fourth-order valence-electron chi connectivity index (χ4n) is 0.786. The van der Waals surface area contributed by atoms with E-state index in [9.17, 15) is 5.11 Å². The first kappa shape index (κ1) is 8.37. The van der Waals surface area contributed by atoms with Gasteiger partial charge in [-0.15, -0.1) is 11.6 Å². The molecule has 0 aromatic heterocycles. The van der Waals surface area contributed by atoms with Crippen LogP contribution in [0.2, 0.25) is 0 Å². The van der Waals surface area contributed by atoms with E-state index in [4.69, 9.17) is 16.7 Å². The van der Waals surface area contributed by atoms with E-state index in [2.05, 4.69) is 0 Å². The first-order chi connectivity index (χ1) is 5.24. The molecule has 1 aromatic rings. The lowest BCUT2D eigenvalue weighted by Gasteiger charge is -2.05. The normalized spacial score (nSPS) is 12.9. The second-order valence-corrected chi connectivity index (χ2v) is 2.57. The Morgan fingerprint density at radius 3 is 2.27 bits per heavy atom. The van der Waals surface area contributed by atoms with E-state index in [1.807, 2.05) is 0 Å². The number of phenols is 1. The van der Waals surface area contributed by atoms with Gasteiger partial charge in [-0.05, 0) is 17.7 Å². The van der Waals surface area contributed by atoms with Crippen molar-refractivity contribution in [3.63, 3.8) is 0 Å². The second-order valence-electron chi connectivity index (χ2n) is 2.26. The molecule has 0 bridgehead atoms. The molecule has 0 heterocycles. The van der Waals surface area contributed by atoms with Crippen molar-refractivity contribution < 1.29 is 10.2 Å². The molecule has 0 fully saturated rings. The molecule has 0 saturated carbocycles. The van der Waals surface area contributed by atoms with Gasteiger partial charge >= 0.3 is 0 Å². The van der Waals surface area contributed by atoms with Gasteiger partial charge in [0.25, 0.3) is 0 Å². The number of aliphatic hydroxyl groups is 1. The molecule has 2 nitrogen and oxygen atoms in total. The van der Waals surface area contributed by atoms with Gasteiger partial charge in [0.2, 0.25) is 0 Å². The standard InChI is InChI=1S/C8H9ClO2/c9-5-8(11)6-1-3-7(10)4-2-6/h1-4,8,10-11H,5H2/t8-/m1/s1. The molecule has 3 heteroatoms. The van der Waals surface area contributed by atoms with Gasteiger partial charge in [-0.2, -0.15) is 0 Å². The third-order valence-corrected chi connectivity index (χ3v) is 1.72. The highest BCUT2D eigenvalue weighted by Gasteiger charge is 2.03. The molecule has 0 saturated heterocycles. The first-order valence-electron chi connectivity index (χ1n) is 3.27. The molecular formula is C8H9ClO2. The topological polar surface area (TPSA) is 40.5 Å². The highest BCUT2D eigenvalue weighted by molar-refractivity contribution is 6.18. The molecule has 11 heavy (non-hydrogen) atoms. The second kappa shape index (κ2) is 3.60. The third kappa shape index (κ3) is 2.10. The molecule has 0 amide bonds. The fourth-order valence-corrected chi connectivity index (χ4v) is 0.964. The number of halogens is 1. The van der Waals surface area contributed by atoms with E-state index in [1.165, 1.54) is 12.1 Å². The van der Waals surface area contributed by atoms with Gasteiger partial charge < -0.3 is 10.2 Å². The molecule has 0 spiro atoms. The zero-order valence-electron chi connectivity index (χ0n) is 5.87. The van der Waals surface area contributed by atoms with Gasteiger partial charge in [-0.3, -0.25) is 0 Å². The van der Waals surface area contributed by atoms with Crippen LogP contribution < -0.4 is 0 Å². The number of hydrogen-bond acceptors (Lipinski definition) is 2. The number of benzene rings is 1. The molecule has 1 rings (SSSR count). The van der Waals surface area contributed by atoms with E-state index >= 15 is 0 Å². The van der Waals surface area contributed by atoms with Crippen molar-refractivity contribution >= 4 is 11.6 Å². The number of hydrogen-bond donors (Lipinski definition) is 2. The summed E-state index contributed by atoms with van der Waals surface area (Å²) in [5, 5.41) is 18.1. The van der Waals surface area contributed by atoms with Crippen molar-refractivity contribution in [3.05, 3.63) is 29.8 Å². The summed E-state index contributed by atoms with van der Waals surface area (Å²) in [7, 11) is 0. The Morgan fingerprint density at radius 2 is 1.82 bits per heavy atom. The smallest absolute Gasteiger partial charge is 0.115 e. The minimum atomic E-state index is -0.641. The van der Waals surface area contributed by atoms with Crippen LogP contribution in [0.4, 0.5) is 0 Å². The molecule has 2 N–H and O–H groups in total. The fraction of sp³-hybridized carbons (Fsp3) is 0.250. The summed E-state index contributed by atoms with van der Waals surface area (Å²) in [4.78, 5) is 0. The van der Waals surface area contributed by atoms with Crippen LogP contribution in [0.15, 0.2) is 24.3 Å². The maximum Gasteiger partial charge on any atom is 0.115 e. The Labute approximate surface area is 70.1 Å². The molecule has 0 unspecified atom stereocenters. The molecule has 1 aromatic carbocycles. The summed E-state index contributed by atoms with van der Waals surface area (Å²) in [6.07, 6.45) is -0.641. The quantitative estimate of drug-likeness (QED) is 0.667. The predicted octanol–water partition coefficient (Wildman–Crippen LogP) is 1.66.